The summed E-state index contributed by atoms with van der Waals surface area (Å²) in [4.78, 5) is 4.49. The average molecular weight is 225 g/mol. The van der Waals surface area contributed by atoms with Crippen LogP contribution in [0.1, 0.15) is 53.4 Å². The molecule has 1 aliphatic rings. The van der Waals surface area contributed by atoms with Crippen molar-refractivity contribution in [2.45, 2.75) is 59.4 Å². The van der Waals surface area contributed by atoms with Crippen LogP contribution in [0.5, 0.6) is 0 Å². The third-order valence-electron chi connectivity index (χ3n) is 3.28. The minimum absolute atomic E-state index is 0.367. The van der Waals surface area contributed by atoms with Crippen molar-refractivity contribution in [2.24, 2.45) is 22.1 Å². The lowest BCUT2D eigenvalue weighted by atomic mass is 9.64. The molecule has 0 heterocycles. The molecule has 0 amide bonds. The van der Waals surface area contributed by atoms with Gasteiger partial charge in [0.05, 0.1) is 0 Å². The molecule has 0 saturated heterocycles. The van der Waals surface area contributed by atoms with Gasteiger partial charge in [-0.3, -0.25) is 4.99 Å². The molecule has 3 heteroatoms. The van der Waals surface area contributed by atoms with E-state index >= 15 is 0 Å². The van der Waals surface area contributed by atoms with E-state index in [-0.39, 0.29) is 0 Å². The van der Waals surface area contributed by atoms with Crippen molar-refractivity contribution in [3.8, 4) is 0 Å². The molecule has 0 bridgehead atoms. The van der Waals surface area contributed by atoms with Crippen molar-refractivity contribution in [2.75, 3.05) is 6.54 Å². The van der Waals surface area contributed by atoms with Gasteiger partial charge < -0.3 is 11.1 Å². The Hall–Kier alpha value is -0.730. The highest BCUT2D eigenvalue weighted by Crippen LogP contribution is 2.46. The molecule has 0 aromatic rings. The highest BCUT2D eigenvalue weighted by Gasteiger charge is 2.37. The predicted octanol–water partition coefficient (Wildman–Crippen LogP) is 2.52. The van der Waals surface area contributed by atoms with Gasteiger partial charge in [0.15, 0.2) is 5.96 Å². The van der Waals surface area contributed by atoms with E-state index in [1.165, 1.54) is 25.7 Å². The van der Waals surface area contributed by atoms with Gasteiger partial charge in [-0.15, -0.1) is 0 Å². The summed E-state index contributed by atoms with van der Waals surface area (Å²) in [6.07, 6.45) is 5.29. The fraction of sp³-hybridized carbons (Fsp3) is 0.923. The van der Waals surface area contributed by atoms with Crippen molar-refractivity contribution in [1.29, 1.82) is 0 Å². The van der Waals surface area contributed by atoms with Gasteiger partial charge in [0.2, 0.25) is 0 Å². The van der Waals surface area contributed by atoms with E-state index in [0.29, 0.717) is 17.4 Å². The number of nitrogens with one attached hydrogen (secondary N) is 1. The number of hydrogen-bond donors (Lipinski definition) is 2. The van der Waals surface area contributed by atoms with Gasteiger partial charge in [0.25, 0.3) is 0 Å². The standard InChI is InChI=1S/C13H27N3/c1-10(2)8-13(6-5-7-13)9-15-12(14)16-11(3)4/h10-11H,5-9H2,1-4H3,(H3,14,15,16). The van der Waals surface area contributed by atoms with Gasteiger partial charge in [-0.25, -0.2) is 0 Å². The van der Waals surface area contributed by atoms with Gasteiger partial charge in [-0.05, 0) is 44.4 Å². The lowest BCUT2D eigenvalue weighted by molar-refractivity contribution is 0.111. The minimum atomic E-state index is 0.367. The second kappa shape index (κ2) is 5.55. The van der Waals surface area contributed by atoms with Crippen molar-refractivity contribution >= 4 is 5.96 Å². The highest BCUT2D eigenvalue weighted by atomic mass is 15.1. The molecular weight excluding hydrogens is 198 g/mol. The van der Waals surface area contributed by atoms with Crippen LogP contribution in [0.2, 0.25) is 0 Å². The third kappa shape index (κ3) is 4.03. The SMILES string of the molecule is CC(C)CC1(CN=C(N)NC(C)C)CCC1. The Kier molecular flexibility index (Phi) is 4.63. The molecule has 0 radical (unpaired) electrons. The Morgan fingerprint density at radius 2 is 1.94 bits per heavy atom. The van der Waals surface area contributed by atoms with Crippen LogP contribution in [-0.4, -0.2) is 18.5 Å². The molecule has 0 unspecified atom stereocenters. The second-order valence-corrected chi connectivity index (χ2v) is 5.95. The molecule has 0 spiro atoms. The molecule has 3 N–H and O–H groups in total. The van der Waals surface area contributed by atoms with E-state index in [2.05, 4.69) is 38.0 Å². The van der Waals surface area contributed by atoms with E-state index in [9.17, 15) is 0 Å². The minimum Gasteiger partial charge on any atom is -0.370 e. The zero-order valence-electron chi connectivity index (χ0n) is 11.2. The van der Waals surface area contributed by atoms with Crippen LogP contribution in [0.25, 0.3) is 0 Å². The van der Waals surface area contributed by atoms with E-state index < -0.39 is 0 Å². The van der Waals surface area contributed by atoms with E-state index in [4.69, 9.17) is 5.73 Å². The van der Waals surface area contributed by atoms with E-state index in [1.807, 2.05) is 0 Å². The maximum absolute atomic E-state index is 5.83. The second-order valence-electron chi connectivity index (χ2n) is 5.95. The molecule has 1 rings (SSSR count). The summed E-state index contributed by atoms with van der Waals surface area (Å²) in [7, 11) is 0. The van der Waals surface area contributed by atoms with E-state index in [1.54, 1.807) is 0 Å². The first kappa shape index (κ1) is 13.3. The van der Waals surface area contributed by atoms with Crippen molar-refractivity contribution in [3.63, 3.8) is 0 Å². The van der Waals surface area contributed by atoms with Gasteiger partial charge >= 0.3 is 0 Å². The van der Waals surface area contributed by atoms with Crippen LogP contribution < -0.4 is 11.1 Å². The number of nitrogens with two attached hydrogens (primary N) is 1. The highest BCUT2D eigenvalue weighted by molar-refractivity contribution is 5.78. The molecule has 0 aliphatic heterocycles. The fourth-order valence-electron chi connectivity index (χ4n) is 2.56. The lowest BCUT2D eigenvalue weighted by Crippen LogP contribution is -2.39. The summed E-state index contributed by atoms with van der Waals surface area (Å²) < 4.78 is 0. The van der Waals surface area contributed by atoms with Crippen LogP contribution in [-0.2, 0) is 0 Å². The summed E-state index contributed by atoms with van der Waals surface area (Å²) in [6, 6.07) is 0.367. The first-order chi connectivity index (χ1) is 7.43. The van der Waals surface area contributed by atoms with Crippen molar-refractivity contribution in [1.82, 2.24) is 5.32 Å². The number of rotatable bonds is 5. The number of nitrogens with zero attached hydrogens (tertiary/aromatic N) is 1. The molecule has 1 saturated carbocycles. The Balaban J connectivity index is 2.44. The fourth-order valence-corrected chi connectivity index (χ4v) is 2.56. The zero-order chi connectivity index (χ0) is 12.2. The molecule has 94 valence electrons. The number of hydrogen-bond acceptors (Lipinski definition) is 1. The van der Waals surface area contributed by atoms with E-state index in [0.717, 1.165) is 12.5 Å². The molecule has 1 fully saturated rings. The van der Waals surface area contributed by atoms with Crippen LogP contribution in [0.3, 0.4) is 0 Å². The first-order valence-corrected chi connectivity index (χ1v) is 6.50. The number of guanidine groups is 1. The lowest BCUT2D eigenvalue weighted by Gasteiger charge is -2.42. The van der Waals surface area contributed by atoms with Gasteiger partial charge in [-0.2, -0.15) is 0 Å². The normalized spacial score (nSPS) is 20.0. The summed E-state index contributed by atoms with van der Waals surface area (Å²) in [6.45, 7) is 9.64. The summed E-state index contributed by atoms with van der Waals surface area (Å²) >= 11 is 0. The first-order valence-electron chi connectivity index (χ1n) is 6.50. The van der Waals surface area contributed by atoms with Crippen molar-refractivity contribution in [3.05, 3.63) is 0 Å². The van der Waals surface area contributed by atoms with Gasteiger partial charge in [-0.1, -0.05) is 20.3 Å². The molecule has 3 nitrogen and oxygen atoms in total. The molecule has 0 aromatic carbocycles. The monoisotopic (exact) mass is 225 g/mol. The molecule has 0 aromatic heterocycles. The molecule has 16 heavy (non-hydrogen) atoms. The third-order valence-corrected chi connectivity index (χ3v) is 3.28. The maximum atomic E-state index is 5.83. The summed E-state index contributed by atoms with van der Waals surface area (Å²) in [5, 5.41) is 3.14. The van der Waals surface area contributed by atoms with Crippen LogP contribution in [0, 0.1) is 11.3 Å². The van der Waals surface area contributed by atoms with Crippen molar-refractivity contribution < 1.29 is 0 Å². The quantitative estimate of drug-likeness (QED) is 0.558. The molecule has 1 aliphatic carbocycles. The summed E-state index contributed by atoms with van der Waals surface area (Å²) in [5.41, 5.74) is 6.29. The zero-order valence-corrected chi connectivity index (χ0v) is 11.2. The van der Waals surface area contributed by atoms with Gasteiger partial charge in [0, 0.05) is 12.6 Å². The smallest absolute Gasteiger partial charge is 0.188 e. The molecular formula is C13H27N3. The maximum Gasteiger partial charge on any atom is 0.188 e. The topological polar surface area (TPSA) is 50.4 Å². The Labute approximate surface area is 99.9 Å². The molecule has 0 atom stereocenters. The Morgan fingerprint density at radius 3 is 2.31 bits per heavy atom. The average Bonchev–Trinajstić information content (AvgIpc) is 2.07. The van der Waals surface area contributed by atoms with Crippen LogP contribution in [0.15, 0.2) is 4.99 Å². The van der Waals surface area contributed by atoms with Gasteiger partial charge in [0.1, 0.15) is 0 Å². The Bertz CT molecular complexity index is 240. The van der Waals surface area contributed by atoms with Crippen LogP contribution >= 0.6 is 0 Å². The number of aliphatic imine (C=N–C) groups is 1. The predicted molar refractivity (Wildman–Crippen MR) is 70.5 cm³/mol. The summed E-state index contributed by atoms with van der Waals surface area (Å²) in [5.74, 6) is 1.36. The largest absolute Gasteiger partial charge is 0.370 e. The Morgan fingerprint density at radius 1 is 1.31 bits per heavy atom. The van der Waals surface area contributed by atoms with Crippen LogP contribution in [0.4, 0.5) is 0 Å².